The lowest BCUT2D eigenvalue weighted by molar-refractivity contribution is -0.141. The van der Waals surface area contributed by atoms with Crippen molar-refractivity contribution in [1.29, 1.82) is 0 Å². The summed E-state index contributed by atoms with van der Waals surface area (Å²) in [6, 6.07) is 5.99. The van der Waals surface area contributed by atoms with Crippen molar-refractivity contribution in [3.05, 3.63) is 29.3 Å². The first-order chi connectivity index (χ1) is 11.3. The number of ether oxygens (including phenoxy) is 1. The Bertz CT molecular complexity index is 611. The van der Waals surface area contributed by atoms with E-state index in [0.29, 0.717) is 25.2 Å². The highest BCUT2D eigenvalue weighted by atomic mass is 16.5. The van der Waals surface area contributed by atoms with E-state index in [1.54, 1.807) is 6.92 Å². The van der Waals surface area contributed by atoms with Gasteiger partial charge < -0.3 is 15.2 Å². The first-order valence-electron chi connectivity index (χ1n) is 8.58. The molecule has 0 spiro atoms. The van der Waals surface area contributed by atoms with Gasteiger partial charge in [-0.25, -0.2) is 0 Å². The lowest BCUT2D eigenvalue weighted by atomic mass is 10.0. The average molecular weight is 333 g/mol. The maximum absolute atomic E-state index is 12.3. The fourth-order valence-electron chi connectivity index (χ4n) is 3.00. The third-order valence-electron chi connectivity index (χ3n) is 4.68. The van der Waals surface area contributed by atoms with Gasteiger partial charge in [0.05, 0.1) is 5.92 Å². The molecule has 0 bridgehead atoms. The number of carboxylic acid groups (broad SMARTS) is 1. The van der Waals surface area contributed by atoms with Crippen LogP contribution in [0.15, 0.2) is 18.2 Å². The highest BCUT2D eigenvalue weighted by Crippen LogP contribution is 2.27. The molecule has 2 rings (SSSR count). The van der Waals surface area contributed by atoms with Gasteiger partial charge in [0.1, 0.15) is 5.75 Å². The number of carboxylic acids is 1. The van der Waals surface area contributed by atoms with Gasteiger partial charge in [0.25, 0.3) is 5.91 Å². The molecule has 1 amide bonds. The van der Waals surface area contributed by atoms with E-state index in [0.717, 1.165) is 11.3 Å². The Morgan fingerprint density at radius 1 is 1.25 bits per heavy atom. The van der Waals surface area contributed by atoms with Crippen LogP contribution in [0.5, 0.6) is 5.75 Å². The highest BCUT2D eigenvalue weighted by Gasteiger charge is 2.31. The molecule has 5 nitrogen and oxygen atoms in total. The predicted octanol–water partition coefficient (Wildman–Crippen LogP) is 3.26. The molecule has 1 aliphatic rings. The molecule has 1 aromatic rings. The van der Waals surface area contributed by atoms with E-state index in [4.69, 9.17) is 9.84 Å². The van der Waals surface area contributed by atoms with Crippen molar-refractivity contribution in [2.24, 2.45) is 5.92 Å². The van der Waals surface area contributed by atoms with Crippen LogP contribution in [-0.2, 0) is 9.59 Å². The lowest BCUT2D eigenvalue weighted by Gasteiger charge is -2.20. The molecule has 1 aromatic carbocycles. The summed E-state index contributed by atoms with van der Waals surface area (Å²) in [6.45, 7) is 7.91. The van der Waals surface area contributed by atoms with Crippen molar-refractivity contribution in [1.82, 2.24) is 5.32 Å². The van der Waals surface area contributed by atoms with E-state index in [9.17, 15) is 9.59 Å². The van der Waals surface area contributed by atoms with Gasteiger partial charge in [-0.3, -0.25) is 9.59 Å². The molecule has 24 heavy (non-hydrogen) atoms. The van der Waals surface area contributed by atoms with Gasteiger partial charge >= 0.3 is 5.97 Å². The van der Waals surface area contributed by atoms with Gasteiger partial charge in [0.2, 0.25) is 0 Å². The zero-order chi connectivity index (χ0) is 17.9. The second kappa shape index (κ2) is 7.69. The van der Waals surface area contributed by atoms with Gasteiger partial charge in [0.15, 0.2) is 6.10 Å². The number of hydrogen-bond donors (Lipinski definition) is 2. The molecular formula is C19H27NO4. The first kappa shape index (κ1) is 18.3. The Kier molecular flexibility index (Phi) is 5.86. The second-order valence-corrected chi connectivity index (χ2v) is 6.99. The first-order valence-corrected chi connectivity index (χ1v) is 8.58. The van der Waals surface area contributed by atoms with Crippen LogP contribution in [0.4, 0.5) is 0 Å². The standard InChI is InChI=1S/C19H27NO4/c1-11(2)14-6-5-12(3)17(10-14)24-13(4)18(21)20-16-8-7-15(9-16)19(22)23/h5-6,10-11,13,15-16H,7-9H2,1-4H3,(H,20,21)(H,22,23)/t13?,15-,16+/m0/s1. The molecule has 1 unspecified atom stereocenters. The van der Waals surface area contributed by atoms with Crippen LogP contribution in [0.1, 0.15) is 57.1 Å². The molecule has 0 aromatic heterocycles. The third-order valence-corrected chi connectivity index (χ3v) is 4.68. The van der Waals surface area contributed by atoms with Crippen molar-refractivity contribution in [2.75, 3.05) is 0 Å². The maximum Gasteiger partial charge on any atom is 0.306 e. The lowest BCUT2D eigenvalue weighted by Crippen LogP contribution is -2.41. The van der Waals surface area contributed by atoms with Gasteiger partial charge in [-0.1, -0.05) is 26.0 Å². The number of rotatable bonds is 6. The number of aliphatic carboxylic acids is 1. The minimum absolute atomic E-state index is 0.0762. The number of hydrogen-bond acceptors (Lipinski definition) is 3. The summed E-state index contributed by atoms with van der Waals surface area (Å²) in [4.78, 5) is 23.3. The minimum atomic E-state index is -0.780. The number of amides is 1. The monoisotopic (exact) mass is 333 g/mol. The van der Waals surface area contributed by atoms with Gasteiger partial charge in [0, 0.05) is 6.04 Å². The summed E-state index contributed by atoms with van der Waals surface area (Å²) in [6.07, 6.45) is 1.20. The molecule has 1 saturated carbocycles. The highest BCUT2D eigenvalue weighted by molar-refractivity contribution is 5.81. The predicted molar refractivity (Wildman–Crippen MR) is 92.3 cm³/mol. The minimum Gasteiger partial charge on any atom is -0.481 e. The summed E-state index contributed by atoms with van der Waals surface area (Å²) in [5.74, 6) is -0.212. The summed E-state index contributed by atoms with van der Waals surface area (Å²) in [5.41, 5.74) is 2.16. The maximum atomic E-state index is 12.3. The largest absolute Gasteiger partial charge is 0.481 e. The zero-order valence-electron chi connectivity index (χ0n) is 14.8. The van der Waals surface area contributed by atoms with E-state index in [2.05, 4.69) is 25.2 Å². The summed E-state index contributed by atoms with van der Waals surface area (Å²) < 4.78 is 5.85. The van der Waals surface area contributed by atoms with E-state index in [1.807, 2.05) is 19.1 Å². The van der Waals surface area contributed by atoms with Crippen LogP contribution < -0.4 is 10.1 Å². The van der Waals surface area contributed by atoms with Crippen LogP contribution in [0, 0.1) is 12.8 Å². The number of aryl methyl sites for hydroxylation is 1. The molecule has 0 heterocycles. The molecule has 0 radical (unpaired) electrons. The molecule has 0 saturated heterocycles. The van der Waals surface area contributed by atoms with Crippen molar-refractivity contribution < 1.29 is 19.4 Å². The number of nitrogens with one attached hydrogen (secondary N) is 1. The van der Waals surface area contributed by atoms with Crippen LogP contribution in [0.3, 0.4) is 0 Å². The van der Waals surface area contributed by atoms with Gasteiger partial charge in [-0.15, -0.1) is 0 Å². The van der Waals surface area contributed by atoms with Crippen LogP contribution in [0.25, 0.3) is 0 Å². The fraction of sp³-hybridized carbons (Fsp3) is 0.579. The average Bonchev–Trinajstić information content (AvgIpc) is 2.97. The summed E-state index contributed by atoms with van der Waals surface area (Å²) >= 11 is 0. The van der Waals surface area contributed by atoms with E-state index < -0.39 is 12.1 Å². The van der Waals surface area contributed by atoms with Crippen LogP contribution in [0.2, 0.25) is 0 Å². The Morgan fingerprint density at radius 2 is 1.96 bits per heavy atom. The normalized spacial score (nSPS) is 21.5. The molecule has 132 valence electrons. The smallest absolute Gasteiger partial charge is 0.306 e. The second-order valence-electron chi connectivity index (χ2n) is 6.99. The number of carbonyl (C=O) groups excluding carboxylic acids is 1. The van der Waals surface area contributed by atoms with E-state index >= 15 is 0 Å². The zero-order valence-corrected chi connectivity index (χ0v) is 14.8. The topological polar surface area (TPSA) is 75.6 Å². The SMILES string of the molecule is Cc1ccc(C(C)C)cc1OC(C)C(=O)N[C@@H]1CC[C@H](C(=O)O)C1. The van der Waals surface area contributed by atoms with Crippen molar-refractivity contribution in [2.45, 2.75) is 65.0 Å². The Balaban J connectivity index is 1.95. The fourth-order valence-corrected chi connectivity index (χ4v) is 3.00. The molecular weight excluding hydrogens is 306 g/mol. The van der Waals surface area contributed by atoms with Crippen molar-refractivity contribution in [3.8, 4) is 5.75 Å². The Morgan fingerprint density at radius 3 is 2.54 bits per heavy atom. The van der Waals surface area contributed by atoms with Gasteiger partial charge in [-0.2, -0.15) is 0 Å². The van der Waals surface area contributed by atoms with E-state index in [1.165, 1.54) is 5.56 Å². The van der Waals surface area contributed by atoms with Crippen molar-refractivity contribution >= 4 is 11.9 Å². The molecule has 2 N–H and O–H groups in total. The number of carbonyl (C=O) groups is 2. The van der Waals surface area contributed by atoms with Crippen molar-refractivity contribution in [3.63, 3.8) is 0 Å². The third kappa shape index (κ3) is 4.49. The van der Waals surface area contributed by atoms with Crippen LogP contribution >= 0.6 is 0 Å². The Hall–Kier alpha value is -2.04. The number of benzene rings is 1. The molecule has 3 atom stereocenters. The summed E-state index contributed by atoms with van der Waals surface area (Å²) in [7, 11) is 0. The van der Waals surface area contributed by atoms with E-state index in [-0.39, 0.29) is 17.9 Å². The molecule has 0 aliphatic heterocycles. The van der Waals surface area contributed by atoms with Crippen LogP contribution in [-0.4, -0.2) is 29.1 Å². The quantitative estimate of drug-likeness (QED) is 0.838. The molecule has 5 heteroatoms. The molecule has 1 fully saturated rings. The van der Waals surface area contributed by atoms with Gasteiger partial charge in [-0.05, 0) is 56.2 Å². The Labute approximate surface area is 143 Å². The molecule has 1 aliphatic carbocycles. The summed E-state index contributed by atoms with van der Waals surface area (Å²) in [5, 5.41) is 11.9.